The number of likely N-dealkylation sites (tertiary alicyclic amines) is 1. The molecule has 0 spiro atoms. The lowest BCUT2D eigenvalue weighted by molar-refractivity contribution is -0.120. The average Bonchev–Trinajstić information content (AvgIpc) is 2.75. The SMILES string of the molecule is CSc1cccc(NC(=O)C(C)N2CCCCCC2)c1. The number of nitrogens with one attached hydrogen (secondary N) is 1. The Labute approximate surface area is 126 Å². The topological polar surface area (TPSA) is 32.3 Å². The van der Waals surface area contributed by atoms with E-state index in [9.17, 15) is 4.79 Å². The van der Waals surface area contributed by atoms with E-state index >= 15 is 0 Å². The van der Waals surface area contributed by atoms with Crippen molar-refractivity contribution in [3.05, 3.63) is 24.3 Å². The Morgan fingerprint density at radius 3 is 2.60 bits per heavy atom. The minimum atomic E-state index is -0.0500. The molecule has 0 aromatic heterocycles. The maximum atomic E-state index is 12.4. The van der Waals surface area contributed by atoms with Crippen LogP contribution in [0.15, 0.2) is 29.2 Å². The minimum absolute atomic E-state index is 0.0500. The maximum Gasteiger partial charge on any atom is 0.241 e. The van der Waals surface area contributed by atoms with Crippen molar-refractivity contribution in [2.45, 2.75) is 43.5 Å². The molecule has 1 atom stereocenters. The Balaban J connectivity index is 1.95. The molecule has 1 N–H and O–H groups in total. The van der Waals surface area contributed by atoms with Gasteiger partial charge in [0.2, 0.25) is 5.91 Å². The summed E-state index contributed by atoms with van der Waals surface area (Å²) < 4.78 is 0. The molecule has 1 aromatic carbocycles. The highest BCUT2D eigenvalue weighted by molar-refractivity contribution is 7.98. The third kappa shape index (κ3) is 4.25. The van der Waals surface area contributed by atoms with Crippen molar-refractivity contribution >= 4 is 23.4 Å². The molecule has 1 heterocycles. The first-order chi connectivity index (χ1) is 9.70. The third-order valence-corrected chi connectivity index (χ3v) is 4.63. The lowest BCUT2D eigenvalue weighted by Crippen LogP contribution is -2.42. The van der Waals surface area contributed by atoms with Gasteiger partial charge in [-0.05, 0) is 57.3 Å². The zero-order chi connectivity index (χ0) is 14.4. The molecule has 2 rings (SSSR count). The van der Waals surface area contributed by atoms with Crippen molar-refractivity contribution in [1.29, 1.82) is 0 Å². The lowest BCUT2D eigenvalue weighted by atomic mass is 10.2. The predicted octanol–water partition coefficient (Wildman–Crippen LogP) is 3.61. The zero-order valence-corrected chi connectivity index (χ0v) is 13.2. The van der Waals surface area contributed by atoms with Crippen LogP contribution in [0.5, 0.6) is 0 Å². The van der Waals surface area contributed by atoms with E-state index in [0.29, 0.717) is 0 Å². The van der Waals surface area contributed by atoms with E-state index in [4.69, 9.17) is 0 Å². The van der Waals surface area contributed by atoms with E-state index in [1.54, 1.807) is 11.8 Å². The summed E-state index contributed by atoms with van der Waals surface area (Å²) in [5, 5.41) is 3.04. The maximum absolute atomic E-state index is 12.4. The Morgan fingerprint density at radius 1 is 1.25 bits per heavy atom. The molecule has 1 amide bonds. The summed E-state index contributed by atoms with van der Waals surface area (Å²) in [5.74, 6) is 0.102. The summed E-state index contributed by atoms with van der Waals surface area (Å²) in [5.41, 5.74) is 0.892. The van der Waals surface area contributed by atoms with Gasteiger partial charge >= 0.3 is 0 Å². The van der Waals surface area contributed by atoms with Gasteiger partial charge in [0.05, 0.1) is 6.04 Å². The van der Waals surface area contributed by atoms with Crippen LogP contribution < -0.4 is 5.32 Å². The first kappa shape index (κ1) is 15.4. The van der Waals surface area contributed by atoms with Gasteiger partial charge < -0.3 is 5.32 Å². The van der Waals surface area contributed by atoms with Crippen molar-refractivity contribution < 1.29 is 4.79 Å². The Kier molecular flexibility index (Phi) is 5.92. The molecule has 1 unspecified atom stereocenters. The quantitative estimate of drug-likeness (QED) is 0.860. The second kappa shape index (κ2) is 7.70. The molecule has 1 saturated heterocycles. The summed E-state index contributed by atoms with van der Waals surface area (Å²) in [6.45, 7) is 4.10. The second-order valence-electron chi connectivity index (χ2n) is 5.35. The van der Waals surface area contributed by atoms with Gasteiger partial charge in [-0.2, -0.15) is 0 Å². The van der Waals surface area contributed by atoms with Gasteiger partial charge in [-0.15, -0.1) is 11.8 Å². The van der Waals surface area contributed by atoms with Crippen LogP contribution in [0.2, 0.25) is 0 Å². The van der Waals surface area contributed by atoms with E-state index in [0.717, 1.165) is 18.8 Å². The third-order valence-electron chi connectivity index (χ3n) is 3.91. The molecule has 3 nitrogen and oxygen atoms in total. The second-order valence-corrected chi connectivity index (χ2v) is 6.23. The van der Waals surface area contributed by atoms with Crippen LogP contribution in [0, 0.1) is 0 Å². The smallest absolute Gasteiger partial charge is 0.241 e. The van der Waals surface area contributed by atoms with Crippen LogP contribution in [0.25, 0.3) is 0 Å². The summed E-state index contributed by atoms with van der Waals surface area (Å²) in [7, 11) is 0. The monoisotopic (exact) mass is 292 g/mol. The molecule has 0 radical (unpaired) electrons. The normalized spacial score (nSPS) is 18.3. The van der Waals surface area contributed by atoms with E-state index in [1.807, 2.05) is 31.4 Å². The number of amides is 1. The number of benzene rings is 1. The summed E-state index contributed by atoms with van der Waals surface area (Å²) in [4.78, 5) is 15.8. The van der Waals surface area contributed by atoms with Gasteiger partial charge in [0.25, 0.3) is 0 Å². The lowest BCUT2D eigenvalue weighted by Gasteiger charge is -2.26. The van der Waals surface area contributed by atoms with Crippen molar-refractivity contribution in [3.8, 4) is 0 Å². The fourth-order valence-corrected chi connectivity index (χ4v) is 3.06. The van der Waals surface area contributed by atoms with Crippen molar-refractivity contribution in [1.82, 2.24) is 4.90 Å². The molecule has 0 bridgehead atoms. The standard InChI is InChI=1S/C16H24N2OS/c1-13(18-10-5-3-4-6-11-18)16(19)17-14-8-7-9-15(12-14)20-2/h7-9,12-13H,3-6,10-11H2,1-2H3,(H,17,19). The molecule has 20 heavy (non-hydrogen) atoms. The molecule has 4 heteroatoms. The zero-order valence-electron chi connectivity index (χ0n) is 12.4. The van der Waals surface area contributed by atoms with Crippen LogP contribution in [-0.2, 0) is 4.79 Å². The first-order valence-electron chi connectivity index (χ1n) is 7.39. The molecule has 0 saturated carbocycles. The molecular weight excluding hydrogens is 268 g/mol. The van der Waals surface area contributed by atoms with Crippen LogP contribution in [0.4, 0.5) is 5.69 Å². The van der Waals surface area contributed by atoms with Crippen molar-refractivity contribution in [2.24, 2.45) is 0 Å². The summed E-state index contributed by atoms with van der Waals surface area (Å²) >= 11 is 1.69. The number of carbonyl (C=O) groups excluding carboxylic acids is 1. The Hall–Kier alpha value is -1.00. The van der Waals surface area contributed by atoms with E-state index in [2.05, 4.69) is 16.3 Å². The molecule has 1 fully saturated rings. The Bertz CT molecular complexity index is 442. The molecule has 110 valence electrons. The number of hydrogen-bond acceptors (Lipinski definition) is 3. The van der Waals surface area contributed by atoms with Gasteiger partial charge in [-0.1, -0.05) is 18.9 Å². The number of anilines is 1. The largest absolute Gasteiger partial charge is 0.325 e. The van der Waals surface area contributed by atoms with Gasteiger partial charge in [0.1, 0.15) is 0 Å². The van der Waals surface area contributed by atoms with E-state index in [-0.39, 0.29) is 11.9 Å². The van der Waals surface area contributed by atoms with Gasteiger partial charge in [0, 0.05) is 10.6 Å². The molecule has 0 aliphatic carbocycles. The fraction of sp³-hybridized carbons (Fsp3) is 0.562. The molecular formula is C16H24N2OS. The van der Waals surface area contributed by atoms with Gasteiger partial charge in [-0.25, -0.2) is 0 Å². The highest BCUT2D eigenvalue weighted by Crippen LogP contribution is 2.20. The van der Waals surface area contributed by atoms with Crippen LogP contribution in [-0.4, -0.2) is 36.2 Å². The first-order valence-corrected chi connectivity index (χ1v) is 8.62. The highest BCUT2D eigenvalue weighted by Gasteiger charge is 2.22. The fourth-order valence-electron chi connectivity index (χ4n) is 2.60. The van der Waals surface area contributed by atoms with Crippen LogP contribution >= 0.6 is 11.8 Å². The highest BCUT2D eigenvalue weighted by atomic mass is 32.2. The number of rotatable bonds is 4. The van der Waals surface area contributed by atoms with Crippen LogP contribution in [0.1, 0.15) is 32.6 Å². The number of carbonyl (C=O) groups is 1. The van der Waals surface area contributed by atoms with Crippen molar-refractivity contribution in [2.75, 3.05) is 24.7 Å². The van der Waals surface area contributed by atoms with Gasteiger partial charge in [-0.3, -0.25) is 9.69 Å². The minimum Gasteiger partial charge on any atom is -0.325 e. The summed E-state index contributed by atoms with van der Waals surface area (Å²) in [6, 6.07) is 7.96. The summed E-state index contributed by atoms with van der Waals surface area (Å²) in [6.07, 6.45) is 7.04. The molecule has 1 aromatic rings. The number of nitrogens with zero attached hydrogens (tertiary/aromatic N) is 1. The van der Waals surface area contributed by atoms with E-state index in [1.165, 1.54) is 30.6 Å². The van der Waals surface area contributed by atoms with Gasteiger partial charge in [0.15, 0.2) is 0 Å². The van der Waals surface area contributed by atoms with Crippen molar-refractivity contribution in [3.63, 3.8) is 0 Å². The average molecular weight is 292 g/mol. The Morgan fingerprint density at radius 2 is 1.95 bits per heavy atom. The molecule has 1 aliphatic rings. The predicted molar refractivity (Wildman–Crippen MR) is 86.4 cm³/mol. The number of thioether (sulfide) groups is 1. The molecule has 1 aliphatic heterocycles. The number of hydrogen-bond donors (Lipinski definition) is 1. The van der Waals surface area contributed by atoms with E-state index < -0.39 is 0 Å². The van der Waals surface area contributed by atoms with Crippen LogP contribution in [0.3, 0.4) is 0 Å².